The van der Waals surface area contributed by atoms with Gasteiger partial charge >= 0.3 is 5.97 Å². The van der Waals surface area contributed by atoms with Crippen LogP contribution in [0.5, 0.6) is 0 Å². The molecule has 1 fully saturated rings. The first-order chi connectivity index (χ1) is 6.91. The van der Waals surface area contributed by atoms with Crippen LogP contribution in [0.1, 0.15) is 19.8 Å². The molecular weight excluding hydrogens is 201 g/mol. The first-order valence-electron chi connectivity index (χ1n) is 5.09. The molecule has 0 aromatic rings. The minimum Gasteiger partial charge on any atom is -0.481 e. The van der Waals surface area contributed by atoms with E-state index in [0.29, 0.717) is 6.42 Å². The number of hydrogen-bond acceptors (Lipinski definition) is 3. The van der Waals surface area contributed by atoms with Crippen molar-refractivity contribution in [3.63, 3.8) is 0 Å². The lowest BCUT2D eigenvalue weighted by atomic mass is 9.88. The minimum absolute atomic E-state index is 0.0696. The molecule has 0 spiro atoms. The Bertz CT molecular complexity index is 235. The molecule has 1 N–H and O–H groups in total. The van der Waals surface area contributed by atoms with Crippen molar-refractivity contribution in [3.05, 3.63) is 0 Å². The van der Waals surface area contributed by atoms with Crippen LogP contribution >= 0.6 is 0 Å². The number of hydrogen-bond donors (Lipinski definition) is 1. The molecular formula is C10H18FNO3. The van der Waals surface area contributed by atoms with Gasteiger partial charge in [-0.05, 0) is 27.4 Å². The molecule has 0 aromatic carbocycles. The van der Waals surface area contributed by atoms with Gasteiger partial charge in [-0.25, -0.2) is 4.39 Å². The molecule has 0 saturated carbocycles. The number of carboxylic acid groups (broad SMARTS) is 1. The minimum atomic E-state index is -1.47. The molecule has 5 heteroatoms. The third kappa shape index (κ3) is 3.14. The van der Waals surface area contributed by atoms with Gasteiger partial charge in [0.1, 0.15) is 0 Å². The Morgan fingerprint density at radius 2 is 2.20 bits per heavy atom. The van der Waals surface area contributed by atoms with Gasteiger partial charge in [0.25, 0.3) is 0 Å². The van der Waals surface area contributed by atoms with E-state index in [0.717, 1.165) is 0 Å². The Kier molecular flexibility index (Phi) is 4.04. The molecule has 1 aliphatic rings. The zero-order valence-corrected chi connectivity index (χ0v) is 9.31. The molecule has 0 amide bonds. The standard InChI is InChI=1S/C10H18FNO3/c1-6-4-8(12(2)3)7(5-9(13)14)10(11)15-6/h6-8,10H,4-5H2,1-3H3,(H,13,14)/t6-,7-,8+,10+/m1/s1. The fourth-order valence-electron chi connectivity index (χ4n) is 2.09. The fourth-order valence-corrected chi connectivity index (χ4v) is 2.09. The smallest absolute Gasteiger partial charge is 0.303 e. The zero-order valence-electron chi connectivity index (χ0n) is 9.31. The van der Waals surface area contributed by atoms with Gasteiger partial charge < -0.3 is 14.7 Å². The van der Waals surface area contributed by atoms with Gasteiger partial charge in [-0.1, -0.05) is 0 Å². The number of nitrogens with zero attached hydrogens (tertiary/aromatic N) is 1. The predicted molar refractivity (Wildman–Crippen MR) is 53.3 cm³/mol. The summed E-state index contributed by atoms with van der Waals surface area (Å²) in [5, 5.41) is 8.71. The summed E-state index contributed by atoms with van der Waals surface area (Å²) >= 11 is 0. The summed E-state index contributed by atoms with van der Waals surface area (Å²) in [6, 6.07) is -0.0696. The zero-order chi connectivity index (χ0) is 11.6. The van der Waals surface area contributed by atoms with Crippen molar-refractivity contribution in [2.24, 2.45) is 5.92 Å². The average Bonchev–Trinajstić information content (AvgIpc) is 2.08. The molecule has 0 unspecified atom stereocenters. The maximum Gasteiger partial charge on any atom is 0.303 e. The Balaban J connectivity index is 2.73. The van der Waals surface area contributed by atoms with E-state index in [4.69, 9.17) is 9.84 Å². The van der Waals surface area contributed by atoms with E-state index in [1.54, 1.807) is 6.92 Å². The number of rotatable bonds is 3. The van der Waals surface area contributed by atoms with E-state index in [1.165, 1.54) is 0 Å². The Labute approximate surface area is 89.0 Å². The topological polar surface area (TPSA) is 49.8 Å². The van der Waals surface area contributed by atoms with Crippen molar-refractivity contribution >= 4 is 5.97 Å². The van der Waals surface area contributed by atoms with Gasteiger partial charge in [0, 0.05) is 12.0 Å². The second kappa shape index (κ2) is 4.90. The van der Waals surface area contributed by atoms with Crippen LogP contribution in [0.25, 0.3) is 0 Å². The average molecular weight is 219 g/mol. The second-order valence-corrected chi connectivity index (χ2v) is 4.33. The molecule has 0 radical (unpaired) electrons. The molecule has 4 nitrogen and oxygen atoms in total. The van der Waals surface area contributed by atoms with Crippen LogP contribution in [0.3, 0.4) is 0 Å². The largest absolute Gasteiger partial charge is 0.481 e. The van der Waals surface area contributed by atoms with Gasteiger partial charge in [0.2, 0.25) is 6.36 Å². The van der Waals surface area contributed by atoms with E-state index >= 15 is 0 Å². The number of ether oxygens (including phenoxy) is 1. The first kappa shape index (κ1) is 12.4. The fraction of sp³-hybridized carbons (Fsp3) is 0.900. The van der Waals surface area contributed by atoms with Crippen LogP contribution in [-0.2, 0) is 9.53 Å². The van der Waals surface area contributed by atoms with Crippen molar-refractivity contribution < 1.29 is 19.0 Å². The number of carboxylic acids is 1. The maximum atomic E-state index is 13.6. The number of halogens is 1. The molecule has 1 heterocycles. The molecule has 4 atom stereocenters. The molecule has 88 valence electrons. The number of carbonyl (C=O) groups is 1. The van der Waals surface area contributed by atoms with Crippen LogP contribution in [0.15, 0.2) is 0 Å². The Hall–Kier alpha value is -0.680. The summed E-state index contributed by atoms with van der Waals surface area (Å²) in [6.07, 6.45) is -1.14. The van der Waals surface area contributed by atoms with E-state index in [1.807, 2.05) is 19.0 Å². The lowest BCUT2D eigenvalue weighted by Crippen LogP contribution is -2.48. The Morgan fingerprint density at radius 1 is 1.60 bits per heavy atom. The monoisotopic (exact) mass is 219 g/mol. The van der Waals surface area contributed by atoms with E-state index in [-0.39, 0.29) is 18.6 Å². The lowest BCUT2D eigenvalue weighted by Gasteiger charge is -2.40. The highest BCUT2D eigenvalue weighted by Crippen LogP contribution is 2.31. The van der Waals surface area contributed by atoms with Crippen molar-refractivity contribution in [2.75, 3.05) is 14.1 Å². The third-order valence-corrected chi connectivity index (χ3v) is 2.84. The van der Waals surface area contributed by atoms with Crippen molar-refractivity contribution in [3.8, 4) is 0 Å². The molecule has 0 bridgehead atoms. The molecule has 0 aromatic heterocycles. The summed E-state index contributed by atoms with van der Waals surface area (Å²) in [7, 11) is 3.68. The van der Waals surface area contributed by atoms with Gasteiger partial charge in [-0.3, -0.25) is 4.79 Å². The van der Waals surface area contributed by atoms with Gasteiger partial charge in [0.05, 0.1) is 12.5 Å². The molecule has 1 aliphatic heterocycles. The van der Waals surface area contributed by atoms with Crippen LogP contribution in [-0.4, -0.2) is 48.6 Å². The van der Waals surface area contributed by atoms with Gasteiger partial charge in [-0.2, -0.15) is 0 Å². The van der Waals surface area contributed by atoms with Crippen molar-refractivity contribution in [1.29, 1.82) is 0 Å². The molecule has 1 saturated heterocycles. The molecule has 1 rings (SSSR count). The summed E-state index contributed by atoms with van der Waals surface area (Å²) in [4.78, 5) is 12.5. The van der Waals surface area contributed by atoms with Crippen LogP contribution in [0.2, 0.25) is 0 Å². The first-order valence-corrected chi connectivity index (χ1v) is 5.09. The number of aliphatic carboxylic acids is 1. The van der Waals surface area contributed by atoms with Gasteiger partial charge in [-0.15, -0.1) is 0 Å². The highest BCUT2D eigenvalue weighted by atomic mass is 19.1. The Morgan fingerprint density at radius 3 is 2.67 bits per heavy atom. The lowest BCUT2D eigenvalue weighted by molar-refractivity contribution is -0.176. The maximum absolute atomic E-state index is 13.6. The summed E-state index contributed by atoms with van der Waals surface area (Å²) in [5.41, 5.74) is 0. The second-order valence-electron chi connectivity index (χ2n) is 4.33. The quantitative estimate of drug-likeness (QED) is 0.772. The van der Waals surface area contributed by atoms with Crippen LogP contribution in [0.4, 0.5) is 4.39 Å². The predicted octanol–water partition coefficient (Wildman–Crippen LogP) is 1.11. The normalized spacial score (nSPS) is 36.9. The van der Waals surface area contributed by atoms with E-state index in [2.05, 4.69) is 0 Å². The van der Waals surface area contributed by atoms with E-state index < -0.39 is 18.2 Å². The highest BCUT2D eigenvalue weighted by molar-refractivity contribution is 5.67. The van der Waals surface area contributed by atoms with Crippen LogP contribution in [0, 0.1) is 5.92 Å². The number of alkyl halides is 1. The third-order valence-electron chi connectivity index (χ3n) is 2.84. The summed E-state index contributed by atoms with van der Waals surface area (Å²) < 4.78 is 18.6. The van der Waals surface area contributed by atoms with Crippen molar-refractivity contribution in [2.45, 2.75) is 38.3 Å². The molecule has 0 aliphatic carbocycles. The molecule has 15 heavy (non-hydrogen) atoms. The van der Waals surface area contributed by atoms with Crippen LogP contribution < -0.4 is 0 Å². The summed E-state index contributed by atoms with van der Waals surface area (Å²) in [6.45, 7) is 1.81. The van der Waals surface area contributed by atoms with Crippen molar-refractivity contribution in [1.82, 2.24) is 4.90 Å². The van der Waals surface area contributed by atoms with Gasteiger partial charge in [0.15, 0.2) is 0 Å². The highest BCUT2D eigenvalue weighted by Gasteiger charge is 2.39. The summed E-state index contributed by atoms with van der Waals surface area (Å²) in [5.74, 6) is -1.55. The van der Waals surface area contributed by atoms with E-state index in [9.17, 15) is 9.18 Å². The SMILES string of the molecule is C[C@@H]1C[C@H](N(C)C)[C@@H](CC(=O)O)[C@@H](F)O1.